The number of rotatable bonds is 5. The first-order valence-corrected chi connectivity index (χ1v) is 9.79. The lowest BCUT2D eigenvalue weighted by atomic mass is 9.80. The molecule has 0 spiro atoms. The van der Waals surface area contributed by atoms with Crippen molar-refractivity contribution in [3.8, 4) is 0 Å². The molecule has 0 bridgehead atoms. The first kappa shape index (κ1) is 19.9. The van der Waals surface area contributed by atoms with E-state index in [2.05, 4.69) is 88.2 Å². The number of nitrogens with one attached hydrogen (secondary N) is 1. The first-order chi connectivity index (χ1) is 13.3. The van der Waals surface area contributed by atoms with Crippen LogP contribution in [0.25, 0.3) is 0 Å². The number of likely N-dealkylation sites (N-methyl/N-ethyl adjacent to an activating group) is 1. The largest absolute Gasteiger partial charge is 0.347 e. The zero-order valence-corrected chi connectivity index (χ0v) is 17.5. The molecule has 1 N–H and O–H groups in total. The molecular weight excluding hydrogens is 340 g/mol. The van der Waals surface area contributed by atoms with Crippen LogP contribution in [-0.4, -0.2) is 12.8 Å². The van der Waals surface area contributed by atoms with Crippen LogP contribution < -0.4 is 4.90 Å². The van der Waals surface area contributed by atoms with Gasteiger partial charge in [-0.05, 0) is 29.3 Å². The lowest BCUT2D eigenvalue weighted by Crippen LogP contribution is -2.26. The fourth-order valence-corrected chi connectivity index (χ4v) is 3.88. The third-order valence-corrected chi connectivity index (χ3v) is 5.85. The lowest BCUT2D eigenvalue weighted by Gasteiger charge is -2.24. The normalized spacial score (nSPS) is 17.6. The number of hydrogen-bond acceptors (Lipinski definition) is 2. The number of para-hydroxylation sites is 1. The highest BCUT2D eigenvalue weighted by molar-refractivity contribution is 6.00. The van der Waals surface area contributed by atoms with Gasteiger partial charge in [-0.2, -0.15) is 0 Å². The number of hydrogen-bond donors (Lipinski definition) is 1. The molecule has 2 heteroatoms. The summed E-state index contributed by atoms with van der Waals surface area (Å²) in [5.74, 6) is 0. The smallest absolute Gasteiger partial charge is 0.0447 e. The molecule has 3 rings (SSSR count). The fourth-order valence-electron chi connectivity index (χ4n) is 3.88. The minimum Gasteiger partial charge on any atom is -0.347 e. The lowest BCUT2D eigenvalue weighted by molar-refractivity contribution is 0.640. The van der Waals surface area contributed by atoms with Gasteiger partial charge in [-0.25, -0.2) is 0 Å². The summed E-state index contributed by atoms with van der Waals surface area (Å²) in [5, 5.41) is 8.47. The van der Waals surface area contributed by atoms with Gasteiger partial charge in [-0.15, -0.1) is 0 Å². The van der Waals surface area contributed by atoms with E-state index in [1.54, 1.807) is 0 Å². The summed E-state index contributed by atoms with van der Waals surface area (Å²) >= 11 is 0. The van der Waals surface area contributed by atoms with E-state index in [4.69, 9.17) is 5.41 Å². The maximum absolute atomic E-state index is 8.47. The molecule has 0 saturated heterocycles. The standard InChI is InChI=1S/C26H30N2/c1-25(2,20-14-8-6-9-15-20)23(27)18-10-7-11-19-24-26(3,4)21-16-12-13-17-22(21)28(24)5/h6-19,27H,1-5H3/b11-7+,18-10+,24-19+,27-23?. The highest BCUT2D eigenvalue weighted by Crippen LogP contribution is 2.46. The van der Waals surface area contributed by atoms with Crippen molar-refractivity contribution in [1.29, 1.82) is 5.41 Å². The van der Waals surface area contributed by atoms with E-state index in [1.165, 1.54) is 16.9 Å². The van der Waals surface area contributed by atoms with Crippen LogP contribution in [0.15, 0.2) is 90.7 Å². The maximum Gasteiger partial charge on any atom is 0.0447 e. The van der Waals surface area contributed by atoms with Gasteiger partial charge < -0.3 is 10.3 Å². The summed E-state index contributed by atoms with van der Waals surface area (Å²) in [5.41, 5.74) is 5.34. The molecule has 1 aliphatic rings. The van der Waals surface area contributed by atoms with Crippen LogP contribution in [0.5, 0.6) is 0 Å². The van der Waals surface area contributed by atoms with Gasteiger partial charge in [0.05, 0.1) is 0 Å². The van der Waals surface area contributed by atoms with Gasteiger partial charge in [0.1, 0.15) is 0 Å². The van der Waals surface area contributed by atoms with Gasteiger partial charge in [-0.1, -0.05) is 94.5 Å². The van der Waals surface area contributed by atoms with Gasteiger partial charge in [0.2, 0.25) is 0 Å². The highest BCUT2D eigenvalue weighted by atomic mass is 15.2. The van der Waals surface area contributed by atoms with Crippen LogP contribution in [0.1, 0.15) is 38.8 Å². The SMILES string of the molecule is CN1/C(=C/C=C/C=C/C(=N)C(C)(C)c2ccccc2)C(C)(C)c2ccccc21. The summed E-state index contributed by atoms with van der Waals surface area (Å²) in [4.78, 5) is 2.27. The summed E-state index contributed by atoms with van der Waals surface area (Å²) in [6, 6.07) is 18.8. The summed E-state index contributed by atoms with van der Waals surface area (Å²) in [7, 11) is 2.13. The van der Waals surface area contributed by atoms with E-state index in [-0.39, 0.29) is 10.8 Å². The number of nitrogens with zero attached hydrogens (tertiary/aromatic N) is 1. The molecule has 2 aromatic carbocycles. The summed E-state index contributed by atoms with van der Waals surface area (Å²) in [6.45, 7) is 8.72. The predicted octanol–water partition coefficient (Wildman–Crippen LogP) is 6.41. The van der Waals surface area contributed by atoms with Crippen molar-refractivity contribution < 1.29 is 0 Å². The molecule has 1 aliphatic heterocycles. The molecule has 28 heavy (non-hydrogen) atoms. The number of allylic oxidation sites excluding steroid dienone is 6. The molecule has 0 unspecified atom stereocenters. The van der Waals surface area contributed by atoms with Crippen molar-refractivity contribution in [1.82, 2.24) is 0 Å². The third-order valence-electron chi connectivity index (χ3n) is 5.85. The minimum absolute atomic E-state index is 0.0125. The molecule has 0 aliphatic carbocycles. The Morgan fingerprint density at radius 3 is 2.25 bits per heavy atom. The minimum atomic E-state index is -0.306. The zero-order valence-electron chi connectivity index (χ0n) is 17.5. The molecular formula is C26H30N2. The molecule has 0 saturated carbocycles. The van der Waals surface area contributed by atoms with Gasteiger partial charge in [0.25, 0.3) is 0 Å². The second-order valence-electron chi connectivity index (χ2n) is 8.40. The number of anilines is 1. The van der Waals surface area contributed by atoms with Gasteiger partial charge in [-0.3, -0.25) is 0 Å². The Morgan fingerprint density at radius 2 is 1.57 bits per heavy atom. The molecule has 144 valence electrons. The second-order valence-corrected chi connectivity index (χ2v) is 8.40. The molecule has 2 aromatic rings. The van der Waals surface area contributed by atoms with Gasteiger partial charge >= 0.3 is 0 Å². The Bertz CT molecular complexity index is 943. The van der Waals surface area contributed by atoms with E-state index < -0.39 is 0 Å². The van der Waals surface area contributed by atoms with Crippen molar-refractivity contribution in [2.45, 2.75) is 38.5 Å². The van der Waals surface area contributed by atoms with Crippen molar-refractivity contribution in [3.63, 3.8) is 0 Å². The van der Waals surface area contributed by atoms with Crippen LogP contribution in [0.2, 0.25) is 0 Å². The number of fused-ring (bicyclic) bond motifs is 1. The van der Waals surface area contributed by atoms with Crippen molar-refractivity contribution in [2.75, 3.05) is 11.9 Å². The predicted molar refractivity (Wildman–Crippen MR) is 121 cm³/mol. The van der Waals surface area contributed by atoms with Crippen LogP contribution in [0.4, 0.5) is 5.69 Å². The Hall–Kier alpha value is -2.87. The quantitative estimate of drug-likeness (QED) is 0.478. The fraction of sp³-hybridized carbons (Fsp3) is 0.269. The molecule has 0 fully saturated rings. The molecule has 1 heterocycles. The van der Waals surface area contributed by atoms with E-state index >= 15 is 0 Å². The molecule has 0 atom stereocenters. The van der Waals surface area contributed by atoms with Crippen molar-refractivity contribution in [3.05, 3.63) is 102 Å². The van der Waals surface area contributed by atoms with Gasteiger partial charge in [0.15, 0.2) is 0 Å². The third kappa shape index (κ3) is 3.60. The summed E-state index contributed by atoms with van der Waals surface area (Å²) in [6.07, 6.45) is 10.1. The molecule has 0 radical (unpaired) electrons. The first-order valence-electron chi connectivity index (χ1n) is 9.79. The Labute approximate surface area is 169 Å². The molecule has 2 nitrogen and oxygen atoms in total. The number of benzene rings is 2. The van der Waals surface area contributed by atoms with Crippen LogP contribution in [0.3, 0.4) is 0 Å². The average molecular weight is 371 g/mol. The van der Waals surface area contributed by atoms with Crippen molar-refractivity contribution >= 4 is 11.4 Å². The van der Waals surface area contributed by atoms with E-state index in [0.717, 1.165) is 5.56 Å². The van der Waals surface area contributed by atoms with E-state index in [9.17, 15) is 0 Å². The molecule has 0 aromatic heterocycles. The van der Waals surface area contributed by atoms with Crippen LogP contribution in [0, 0.1) is 5.41 Å². The Kier molecular flexibility index (Phi) is 5.42. The zero-order chi connectivity index (χ0) is 20.4. The Morgan fingerprint density at radius 1 is 0.929 bits per heavy atom. The highest BCUT2D eigenvalue weighted by Gasteiger charge is 2.37. The van der Waals surface area contributed by atoms with E-state index in [1.807, 2.05) is 36.4 Å². The topological polar surface area (TPSA) is 27.1 Å². The second kappa shape index (κ2) is 7.63. The summed E-state index contributed by atoms with van der Waals surface area (Å²) < 4.78 is 0. The molecule has 0 amide bonds. The van der Waals surface area contributed by atoms with E-state index in [0.29, 0.717) is 5.71 Å². The Balaban J connectivity index is 1.72. The van der Waals surface area contributed by atoms with Gasteiger partial charge in [0, 0.05) is 35.0 Å². The maximum atomic E-state index is 8.47. The monoisotopic (exact) mass is 370 g/mol. The average Bonchev–Trinajstić information content (AvgIpc) is 2.89. The van der Waals surface area contributed by atoms with Crippen molar-refractivity contribution in [2.24, 2.45) is 0 Å². The van der Waals surface area contributed by atoms with Crippen LogP contribution in [-0.2, 0) is 10.8 Å². The van der Waals surface area contributed by atoms with Crippen LogP contribution >= 0.6 is 0 Å².